The van der Waals surface area contributed by atoms with Gasteiger partial charge in [0.1, 0.15) is 18.0 Å². The van der Waals surface area contributed by atoms with Gasteiger partial charge in [-0.3, -0.25) is 9.59 Å². The standard InChI is InChI=1S/C21H28N2O5/c1-20(2,3)13-8-12(9-14(17(13)25)21(4,5)6)10-15-18(26)23(19(27)22-15)11-16(24)28-7/h8-10,25H,11H2,1-7H3,(H,22,27). The van der Waals surface area contributed by atoms with Gasteiger partial charge in [0, 0.05) is 11.1 Å². The quantitative estimate of drug-likeness (QED) is 0.471. The number of phenols is 1. The third kappa shape index (κ3) is 4.35. The summed E-state index contributed by atoms with van der Waals surface area (Å²) in [6.07, 6.45) is 1.56. The number of phenolic OH excluding ortho intramolecular Hbond substituents is 1. The van der Waals surface area contributed by atoms with Crippen molar-refractivity contribution in [3.05, 3.63) is 34.5 Å². The molecule has 1 aliphatic rings. The highest BCUT2D eigenvalue weighted by molar-refractivity contribution is 6.15. The van der Waals surface area contributed by atoms with Gasteiger partial charge in [0.2, 0.25) is 0 Å². The molecule has 152 valence electrons. The number of hydrogen-bond donors (Lipinski definition) is 2. The highest BCUT2D eigenvalue weighted by atomic mass is 16.5. The van der Waals surface area contributed by atoms with Gasteiger partial charge in [0.15, 0.2) is 0 Å². The Hall–Kier alpha value is -2.83. The molecule has 0 radical (unpaired) electrons. The number of nitrogens with one attached hydrogen (secondary N) is 1. The van der Waals surface area contributed by atoms with Crippen LogP contribution in [0.25, 0.3) is 6.08 Å². The lowest BCUT2D eigenvalue weighted by Gasteiger charge is -2.28. The summed E-state index contributed by atoms with van der Waals surface area (Å²) in [5.74, 6) is -1.05. The number of aromatic hydroxyl groups is 1. The molecule has 2 N–H and O–H groups in total. The minimum Gasteiger partial charge on any atom is -0.507 e. The van der Waals surface area contributed by atoms with Crippen molar-refractivity contribution in [2.24, 2.45) is 0 Å². The van der Waals surface area contributed by atoms with E-state index in [-0.39, 0.29) is 22.3 Å². The number of rotatable bonds is 3. The summed E-state index contributed by atoms with van der Waals surface area (Å²) in [6.45, 7) is 11.5. The van der Waals surface area contributed by atoms with E-state index < -0.39 is 24.5 Å². The van der Waals surface area contributed by atoms with Crippen LogP contribution >= 0.6 is 0 Å². The number of amides is 3. The average Bonchev–Trinajstić information content (AvgIpc) is 2.81. The molecule has 1 saturated heterocycles. The van der Waals surface area contributed by atoms with Crippen molar-refractivity contribution in [2.45, 2.75) is 52.4 Å². The van der Waals surface area contributed by atoms with Crippen molar-refractivity contribution < 1.29 is 24.2 Å². The number of ether oxygens (including phenoxy) is 1. The van der Waals surface area contributed by atoms with E-state index in [0.29, 0.717) is 5.56 Å². The number of nitrogens with zero attached hydrogens (tertiary/aromatic N) is 1. The van der Waals surface area contributed by atoms with Gasteiger partial charge in [-0.1, -0.05) is 41.5 Å². The van der Waals surface area contributed by atoms with Crippen LogP contribution in [0, 0.1) is 0 Å². The maximum Gasteiger partial charge on any atom is 0.329 e. The first-order valence-corrected chi connectivity index (χ1v) is 9.05. The lowest BCUT2D eigenvalue weighted by molar-refractivity contribution is -0.143. The Morgan fingerprint density at radius 3 is 2.04 bits per heavy atom. The predicted molar refractivity (Wildman–Crippen MR) is 106 cm³/mol. The lowest BCUT2D eigenvalue weighted by atomic mass is 9.78. The third-order valence-corrected chi connectivity index (χ3v) is 4.54. The maximum absolute atomic E-state index is 12.5. The Kier molecular flexibility index (Phi) is 5.59. The van der Waals surface area contributed by atoms with Crippen LogP contribution in [-0.2, 0) is 25.2 Å². The Balaban J connectivity index is 2.52. The fraction of sp³-hybridized carbons (Fsp3) is 0.476. The summed E-state index contributed by atoms with van der Waals surface area (Å²) >= 11 is 0. The molecule has 7 nitrogen and oxygen atoms in total. The summed E-state index contributed by atoms with van der Waals surface area (Å²) in [4.78, 5) is 36.8. The summed E-state index contributed by atoms with van der Waals surface area (Å²) in [6, 6.07) is 2.94. The molecule has 0 aromatic heterocycles. The van der Waals surface area contributed by atoms with Gasteiger partial charge in [-0.15, -0.1) is 0 Å². The first kappa shape index (κ1) is 21.5. The molecule has 1 aromatic carbocycles. The summed E-state index contributed by atoms with van der Waals surface area (Å²) in [5.41, 5.74) is 1.59. The van der Waals surface area contributed by atoms with E-state index in [1.54, 1.807) is 18.2 Å². The van der Waals surface area contributed by atoms with Gasteiger partial charge in [-0.05, 0) is 34.6 Å². The second-order valence-electron chi connectivity index (χ2n) is 8.92. The molecule has 0 aliphatic carbocycles. The van der Waals surface area contributed by atoms with Crippen LogP contribution in [0.1, 0.15) is 58.2 Å². The number of esters is 1. The van der Waals surface area contributed by atoms with Crippen molar-refractivity contribution in [3.63, 3.8) is 0 Å². The van der Waals surface area contributed by atoms with Crippen LogP contribution in [0.4, 0.5) is 4.79 Å². The average molecular weight is 388 g/mol. The second kappa shape index (κ2) is 7.30. The number of carbonyl (C=O) groups excluding carboxylic acids is 3. The van der Waals surface area contributed by atoms with Crippen LogP contribution in [0.2, 0.25) is 0 Å². The van der Waals surface area contributed by atoms with E-state index in [0.717, 1.165) is 16.0 Å². The van der Waals surface area contributed by atoms with Gasteiger partial charge >= 0.3 is 12.0 Å². The van der Waals surface area contributed by atoms with Crippen molar-refractivity contribution >= 4 is 24.0 Å². The highest BCUT2D eigenvalue weighted by Crippen LogP contribution is 2.40. The third-order valence-electron chi connectivity index (χ3n) is 4.54. The van der Waals surface area contributed by atoms with Crippen LogP contribution < -0.4 is 5.32 Å². The SMILES string of the molecule is COC(=O)CN1C(=O)NC(=Cc2cc(C(C)(C)C)c(O)c(C(C)(C)C)c2)C1=O. The molecule has 7 heteroatoms. The number of urea groups is 1. The molecule has 1 aromatic rings. The number of imide groups is 1. The number of methoxy groups -OCH3 is 1. The number of hydrogen-bond acceptors (Lipinski definition) is 5. The van der Waals surface area contributed by atoms with E-state index in [9.17, 15) is 19.5 Å². The first-order valence-electron chi connectivity index (χ1n) is 9.05. The van der Waals surface area contributed by atoms with Crippen molar-refractivity contribution in [3.8, 4) is 5.75 Å². The molecule has 0 unspecified atom stereocenters. The van der Waals surface area contributed by atoms with Crippen LogP contribution in [0.5, 0.6) is 5.75 Å². The van der Waals surface area contributed by atoms with E-state index >= 15 is 0 Å². The van der Waals surface area contributed by atoms with Crippen LogP contribution in [0.15, 0.2) is 17.8 Å². The monoisotopic (exact) mass is 388 g/mol. The Labute approximate surface area is 165 Å². The lowest BCUT2D eigenvalue weighted by Crippen LogP contribution is -2.36. The summed E-state index contributed by atoms with van der Waals surface area (Å²) in [7, 11) is 1.19. The fourth-order valence-electron chi connectivity index (χ4n) is 2.96. The minimum absolute atomic E-state index is 0.0688. The molecule has 0 bridgehead atoms. The molecule has 0 spiro atoms. The fourth-order valence-corrected chi connectivity index (χ4v) is 2.96. The summed E-state index contributed by atoms with van der Waals surface area (Å²) in [5, 5.41) is 13.3. The minimum atomic E-state index is -0.681. The van der Waals surface area contributed by atoms with Gasteiger partial charge in [0.05, 0.1) is 7.11 Å². The zero-order chi connectivity index (χ0) is 21.4. The smallest absolute Gasteiger partial charge is 0.329 e. The molecule has 3 amide bonds. The summed E-state index contributed by atoms with van der Waals surface area (Å²) < 4.78 is 4.52. The second-order valence-corrected chi connectivity index (χ2v) is 8.92. The van der Waals surface area contributed by atoms with Crippen LogP contribution in [-0.4, -0.2) is 41.6 Å². The molecule has 0 saturated carbocycles. The molecule has 1 fully saturated rings. The molecule has 2 rings (SSSR count). The van der Waals surface area contributed by atoms with E-state index in [2.05, 4.69) is 10.1 Å². The van der Waals surface area contributed by atoms with Crippen LogP contribution in [0.3, 0.4) is 0 Å². The number of carbonyl (C=O) groups is 3. The van der Waals surface area contributed by atoms with Crippen molar-refractivity contribution in [2.75, 3.05) is 13.7 Å². The highest BCUT2D eigenvalue weighted by Gasteiger charge is 2.35. The van der Waals surface area contributed by atoms with E-state index in [4.69, 9.17) is 0 Å². The Morgan fingerprint density at radius 2 is 1.61 bits per heavy atom. The van der Waals surface area contributed by atoms with E-state index in [1.807, 2.05) is 41.5 Å². The zero-order valence-corrected chi connectivity index (χ0v) is 17.5. The molecule has 1 aliphatic heterocycles. The molecule has 1 heterocycles. The molecule has 28 heavy (non-hydrogen) atoms. The van der Waals surface area contributed by atoms with E-state index in [1.165, 1.54) is 7.11 Å². The zero-order valence-electron chi connectivity index (χ0n) is 17.5. The maximum atomic E-state index is 12.5. The van der Waals surface area contributed by atoms with Gasteiger partial charge in [0.25, 0.3) is 5.91 Å². The topological polar surface area (TPSA) is 95.9 Å². The molecular formula is C21H28N2O5. The van der Waals surface area contributed by atoms with Gasteiger partial charge in [-0.25, -0.2) is 9.69 Å². The van der Waals surface area contributed by atoms with Gasteiger partial charge < -0.3 is 15.2 Å². The Morgan fingerprint density at radius 1 is 1.11 bits per heavy atom. The largest absolute Gasteiger partial charge is 0.507 e. The van der Waals surface area contributed by atoms with Gasteiger partial charge in [-0.2, -0.15) is 0 Å². The molecular weight excluding hydrogens is 360 g/mol. The first-order chi connectivity index (χ1) is 12.8. The number of benzene rings is 1. The Bertz CT molecular complexity index is 822. The molecule has 0 atom stereocenters. The van der Waals surface area contributed by atoms with Crippen molar-refractivity contribution in [1.29, 1.82) is 0 Å². The normalized spacial score (nSPS) is 16.5. The predicted octanol–water partition coefficient (Wildman–Crippen LogP) is 3.05. The van der Waals surface area contributed by atoms with Crippen molar-refractivity contribution in [1.82, 2.24) is 10.2 Å².